The molecule has 5 rings (SSSR count). The highest BCUT2D eigenvalue weighted by molar-refractivity contribution is 6.30. The summed E-state index contributed by atoms with van der Waals surface area (Å²) < 4.78 is 13.8. The van der Waals surface area contributed by atoms with Gasteiger partial charge in [0.05, 0.1) is 16.5 Å². The molecule has 7 heteroatoms. The van der Waals surface area contributed by atoms with E-state index in [1.807, 2.05) is 6.08 Å². The van der Waals surface area contributed by atoms with E-state index in [2.05, 4.69) is 10.3 Å². The van der Waals surface area contributed by atoms with E-state index < -0.39 is 11.2 Å². The van der Waals surface area contributed by atoms with Crippen molar-refractivity contribution in [2.24, 2.45) is 5.41 Å². The molecule has 1 saturated carbocycles. The van der Waals surface area contributed by atoms with E-state index in [1.54, 1.807) is 47.5 Å². The van der Waals surface area contributed by atoms with E-state index in [-0.39, 0.29) is 11.8 Å². The van der Waals surface area contributed by atoms with Crippen molar-refractivity contribution in [2.75, 3.05) is 18.4 Å². The van der Waals surface area contributed by atoms with Gasteiger partial charge in [-0.25, -0.2) is 4.39 Å². The van der Waals surface area contributed by atoms with Crippen LogP contribution in [0.3, 0.4) is 0 Å². The predicted molar refractivity (Wildman–Crippen MR) is 122 cm³/mol. The van der Waals surface area contributed by atoms with Gasteiger partial charge >= 0.3 is 0 Å². The molecular formula is C25H21ClFN3O2. The lowest BCUT2D eigenvalue weighted by atomic mass is 9.89. The Hall–Kier alpha value is -3.25. The van der Waals surface area contributed by atoms with Crippen LogP contribution in [0.2, 0.25) is 5.02 Å². The van der Waals surface area contributed by atoms with Gasteiger partial charge in [-0.05, 0) is 67.8 Å². The van der Waals surface area contributed by atoms with E-state index in [0.29, 0.717) is 41.0 Å². The zero-order valence-electron chi connectivity index (χ0n) is 17.3. The van der Waals surface area contributed by atoms with Crippen LogP contribution >= 0.6 is 11.6 Å². The summed E-state index contributed by atoms with van der Waals surface area (Å²) in [5.41, 5.74) is 2.34. The summed E-state index contributed by atoms with van der Waals surface area (Å²) in [4.78, 5) is 32.1. The van der Waals surface area contributed by atoms with Gasteiger partial charge in [0.25, 0.3) is 5.91 Å². The van der Waals surface area contributed by atoms with Crippen molar-refractivity contribution >= 4 is 40.0 Å². The van der Waals surface area contributed by atoms with Gasteiger partial charge in [0.15, 0.2) is 0 Å². The monoisotopic (exact) mass is 449 g/mol. The van der Waals surface area contributed by atoms with Crippen LogP contribution < -0.4 is 5.32 Å². The third kappa shape index (κ3) is 3.75. The maximum Gasteiger partial charge on any atom is 0.254 e. The second-order valence-corrected chi connectivity index (χ2v) is 8.73. The molecule has 2 amide bonds. The number of benzene rings is 2. The molecule has 162 valence electrons. The maximum absolute atomic E-state index is 13.8. The number of pyridine rings is 1. The van der Waals surface area contributed by atoms with Crippen molar-refractivity contribution in [2.45, 2.75) is 19.3 Å². The molecule has 0 atom stereocenters. The fourth-order valence-electron chi connectivity index (χ4n) is 4.37. The summed E-state index contributed by atoms with van der Waals surface area (Å²) >= 11 is 5.92. The van der Waals surface area contributed by atoms with Crippen molar-refractivity contribution in [3.05, 3.63) is 82.8 Å². The molecule has 0 radical (unpaired) electrons. The summed E-state index contributed by atoms with van der Waals surface area (Å²) in [5.74, 6) is -0.571. The van der Waals surface area contributed by atoms with Gasteiger partial charge in [-0.3, -0.25) is 14.6 Å². The number of nitrogens with one attached hydrogen (secondary N) is 1. The van der Waals surface area contributed by atoms with Gasteiger partial charge in [-0.2, -0.15) is 0 Å². The highest BCUT2D eigenvalue weighted by Gasteiger charge is 2.52. The van der Waals surface area contributed by atoms with E-state index in [9.17, 15) is 14.0 Å². The number of fused-ring (bicyclic) bond motifs is 1. The Bertz CT molecular complexity index is 1250. The summed E-state index contributed by atoms with van der Waals surface area (Å²) in [6.07, 6.45) is 5.82. The molecule has 1 N–H and O–H groups in total. The average Bonchev–Trinajstić information content (AvgIpc) is 3.62. The lowest BCUT2D eigenvalue weighted by Crippen LogP contribution is -2.37. The van der Waals surface area contributed by atoms with Crippen LogP contribution in [0.4, 0.5) is 10.1 Å². The Morgan fingerprint density at radius 3 is 2.56 bits per heavy atom. The number of amides is 2. The number of rotatable bonds is 4. The molecule has 1 aliphatic heterocycles. The van der Waals surface area contributed by atoms with Crippen LogP contribution in [0.1, 0.15) is 29.6 Å². The van der Waals surface area contributed by atoms with Gasteiger partial charge in [0.1, 0.15) is 5.82 Å². The van der Waals surface area contributed by atoms with E-state index in [4.69, 9.17) is 11.6 Å². The number of aromatic nitrogens is 1. The molecule has 2 aliphatic rings. The molecule has 1 aromatic heterocycles. The number of hydrogen-bond acceptors (Lipinski definition) is 3. The molecule has 2 aromatic carbocycles. The normalized spacial score (nSPS) is 17.1. The first-order valence-electron chi connectivity index (χ1n) is 10.6. The molecule has 0 unspecified atom stereocenters. The molecule has 3 aromatic rings. The first-order valence-corrected chi connectivity index (χ1v) is 10.9. The highest BCUT2D eigenvalue weighted by atomic mass is 35.5. The highest BCUT2D eigenvalue weighted by Crippen LogP contribution is 2.54. The van der Waals surface area contributed by atoms with E-state index in [0.717, 1.165) is 24.1 Å². The number of carbonyl (C=O) groups excluding carboxylic acids is 2. The minimum atomic E-state index is -0.485. The van der Waals surface area contributed by atoms with E-state index >= 15 is 0 Å². The van der Waals surface area contributed by atoms with Crippen LogP contribution in [0.5, 0.6) is 0 Å². The summed E-state index contributed by atoms with van der Waals surface area (Å²) in [6, 6.07) is 13.0. The molecule has 5 nitrogen and oxygen atoms in total. The van der Waals surface area contributed by atoms with Gasteiger partial charge in [-0.15, -0.1) is 0 Å². The Morgan fingerprint density at radius 2 is 1.88 bits per heavy atom. The second kappa shape index (κ2) is 8.02. The van der Waals surface area contributed by atoms with Crippen LogP contribution in [-0.4, -0.2) is 34.8 Å². The lowest BCUT2D eigenvalue weighted by molar-refractivity contribution is -0.120. The van der Waals surface area contributed by atoms with Gasteiger partial charge < -0.3 is 10.2 Å². The number of halogens is 2. The fourth-order valence-corrected chi connectivity index (χ4v) is 4.49. The van der Waals surface area contributed by atoms with Crippen molar-refractivity contribution in [3.63, 3.8) is 0 Å². The van der Waals surface area contributed by atoms with Crippen molar-refractivity contribution in [1.29, 1.82) is 0 Å². The van der Waals surface area contributed by atoms with E-state index in [1.165, 1.54) is 12.1 Å². The minimum absolute atomic E-state index is 0.0125. The molecule has 0 saturated heterocycles. The Kier molecular flexibility index (Phi) is 5.18. The third-order valence-corrected chi connectivity index (χ3v) is 6.58. The van der Waals surface area contributed by atoms with Crippen LogP contribution in [-0.2, 0) is 4.79 Å². The zero-order chi connectivity index (χ0) is 22.3. The maximum atomic E-state index is 13.8. The van der Waals surface area contributed by atoms with Crippen LogP contribution in [0.15, 0.2) is 66.4 Å². The largest absolute Gasteiger partial charge is 0.335 e. The molecule has 1 aliphatic carbocycles. The van der Waals surface area contributed by atoms with Crippen LogP contribution in [0.25, 0.3) is 10.9 Å². The molecule has 0 bridgehead atoms. The summed E-state index contributed by atoms with van der Waals surface area (Å²) in [6.45, 7) is 0.934. The van der Waals surface area contributed by atoms with Crippen molar-refractivity contribution in [1.82, 2.24) is 9.88 Å². The van der Waals surface area contributed by atoms with Crippen molar-refractivity contribution in [3.8, 4) is 0 Å². The predicted octanol–water partition coefficient (Wildman–Crippen LogP) is 5.22. The Balaban J connectivity index is 1.32. The summed E-state index contributed by atoms with van der Waals surface area (Å²) in [7, 11) is 0. The molecule has 32 heavy (non-hydrogen) atoms. The molecule has 2 heterocycles. The lowest BCUT2D eigenvalue weighted by Gasteiger charge is -2.30. The first-order chi connectivity index (χ1) is 15.5. The third-order valence-electron chi connectivity index (χ3n) is 6.33. The Morgan fingerprint density at radius 1 is 1.09 bits per heavy atom. The fraction of sp³-hybridized carbons (Fsp3) is 0.240. The topological polar surface area (TPSA) is 62.3 Å². The number of nitrogens with zero attached hydrogens (tertiary/aromatic N) is 2. The standard InChI is InChI=1S/C25H21ClFN3O2/c26-17-1-4-19(5-2-17)29-24(32)25(10-11-25)16-8-13-30(14-9-16)23(31)20-7-12-28-22-6-3-18(27)15-21(20)22/h1-8,12,15H,9-11,13-14H2,(H,29,32). The smallest absolute Gasteiger partial charge is 0.254 e. The minimum Gasteiger partial charge on any atom is -0.335 e. The van der Waals surface area contributed by atoms with Crippen molar-refractivity contribution < 1.29 is 14.0 Å². The number of anilines is 1. The van der Waals surface area contributed by atoms with Gasteiger partial charge in [0.2, 0.25) is 5.91 Å². The second-order valence-electron chi connectivity index (χ2n) is 8.29. The molecule has 0 spiro atoms. The SMILES string of the molecule is O=C(c1ccnc2ccc(F)cc12)N1CC=C(C2(C(=O)Nc3ccc(Cl)cc3)CC2)CC1. The number of carbonyl (C=O) groups is 2. The molecular weight excluding hydrogens is 429 g/mol. The quantitative estimate of drug-likeness (QED) is 0.555. The first kappa shape index (κ1) is 20.6. The summed E-state index contributed by atoms with van der Waals surface area (Å²) in [5, 5.41) is 4.12. The van der Waals surface area contributed by atoms with Crippen LogP contribution in [0, 0.1) is 11.2 Å². The molecule has 1 fully saturated rings. The van der Waals surface area contributed by atoms with Gasteiger partial charge in [-0.1, -0.05) is 23.3 Å². The zero-order valence-corrected chi connectivity index (χ0v) is 18.0. The average molecular weight is 450 g/mol. The number of hydrogen-bond donors (Lipinski definition) is 1. The Labute approximate surface area is 189 Å². The van der Waals surface area contributed by atoms with Gasteiger partial charge in [0, 0.05) is 35.4 Å².